The van der Waals surface area contributed by atoms with Crippen LogP contribution in [-0.4, -0.2) is 35.9 Å². The number of hydrogen-bond acceptors (Lipinski definition) is 3. The molecule has 0 N–H and O–H groups in total. The van der Waals surface area contributed by atoms with Crippen LogP contribution in [0.1, 0.15) is 45.1 Å². The van der Waals surface area contributed by atoms with E-state index in [0.717, 1.165) is 18.4 Å². The predicted molar refractivity (Wildman–Crippen MR) is 87.9 cm³/mol. The number of piperidine rings is 1. The van der Waals surface area contributed by atoms with Crippen molar-refractivity contribution in [2.75, 3.05) is 19.3 Å². The lowest BCUT2D eigenvalue weighted by molar-refractivity contribution is 0.0204. The van der Waals surface area contributed by atoms with Crippen LogP contribution in [0.4, 0.5) is 13.6 Å². The molecule has 1 saturated heterocycles. The smallest absolute Gasteiger partial charge is 0.410 e. The molecule has 0 radical (unpaired) electrons. The molecule has 1 fully saturated rings. The first-order valence-corrected chi connectivity index (χ1v) is 8.95. The van der Waals surface area contributed by atoms with Crippen molar-refractivity contribution >= 4 is 17.9 Å². The third-order valence-corrected chi connectivity index (χ3v) is 4.69. The van der Waals surface area contributed by atoms with Gasteiger partial charge in [-0.1, -0.05) is 6.07 Å². The Kier molecular flexibility index (Phi) is 5.55. The maximum absolute atomic E-state index is 13.9. The molecule has 0 aliphatic carbocycles. The zero-order chi connectivity index (χ0) is 17.2. The molecule has 1 aromatic rings. The second kappa shape index (κ2) is 7.07. The van der Waals surface area contributed by atoms with E-state index in [1.807, 2.05) is 20.8 Å². The van der Waals surface area contributed by atoms with Crippen molar-refractivity contribution in [2.45, 2.75) is 50.0 Å². The molecule has 0 atom stereocenters. The molecule has 23 heavy (non-hydrogen) atoms. The standard InChI is InChI=1S/C17H23F2NO2S/c1-17(2,3)22-16(21)20-9-7-11(8-10-20)12-5-6-13(18)14(19)15(12)23-4/h5-6,11H,7-10H2,1-4H3. The fraction of sp³-hybridized carbons (Fsp3) is 0.588. The molecule has 6 heteroatoms. The topological polar surface area (TPSA) is 29.5 Å². The first-order chi connectivity index (χ1) is 10.7. The van der Waals surface area contributed by atoms with Gasteiger partial charge in [0.05, 0.1) is 0 Å². The highest BCUT2D eigenvalue weighted by atomic mass is 32.2. The predicted octanol–water partition coefficient (Wildman–Crippen LogP) is 4.80. The normalized spacial score (nSPS) is 16.5. The fourth-order valence-electron chi connectivity index (χ4n) is 2.78. The minimum Gasteiger partial charge on any atom is -0.444 e. The summed E-state index contributed by atoms with van der Waals surface area (Å²) in [4.78, 5) is 14.1. The molecule has 0 saturated carbocycles. The van der Waals surface area contributed by atoms with Gasteiger partial charge in [0, 0.05) is 18.0 Å². The van der Waals surface area contributed by atoms with Crippen LogP contribution in [0.25, 0.3) is 0 Å². The Balaban J connectivity index is 2.05. The van der Waals surface area contributed by atoms with Gasteiger partial charge in [0.1, 0.15) is 5.60 Å². The number of rotatable bonds is 2. The lowest BCUT2D eigenvalue weighted by Gasteiger charge is -2.34. The van der Waals surface area contributed by atoms with E-state index in [9.17, 15) is 13.6 Å². The molecule has 1 aliphatic rings. The van der Waals surface area contributed by atoms with Crippen LogP contribution in [0.5, 0.6) is 0 Å². The molecular formula is C17H23F2NO2S. The van der Waals surface area contributed by atoms with E-state index in [1.165, 1.54) is 17.8 Å². The van der Waals surface area contributed by atoms with Crippen molar-refractivity contribution in [1.29, 1.82) is 0 Å². The minimum atomic E-state index is -0.815. The van der Waals surface area contributed by atoms with Crippen molar-refractivity contribution < 1.29 is 18.3 Å². The Morgan fingerprint density at radius 2 is 1.87 bits per heavy atom. The van der Waals surface area contributed by atoms with Crippen LogP contribution in [-0.2, 0) is 4.74 Å². The highest BCUT2D eigenvalue weighted by molar-refractivity contribution is 7.98. The molecule has 0 unspecified atom stereocenters. The lowest BCUT2D eigenvalue weighted by Crippen LogP contribution is -2.41. The zero-order valence-electron chi connectivity index (χ0n) is 14.0. The number of likely N-dealkylation sites (tertiary alicyclic amines) is 1. The number of carbonyl (C=O) groups is 1. The Hall–Kier alpha value is -1.30. The van der Waals surface area contributed by atoms with E-state index in [4.69, 9.17) is 4.74 Å². The number of carbonyl (C=O) groups excluding carboxylic acids is 1. The van der Waals surface area contributed by atoms with Crippen molar-refractivity contribution in [1.82, 2.24) is 4.90 Å². The molecule has 3 nitrogen and oxygen atoms in total. The Labute approximate surface area is 140 Å². The molecule has 0 bridgehead atoms. The van der Waals surface area contributed by atoms with E-state index in [2.05, 4.69) is 0 Å². The summed E-state index contributed by atoms with van der Waals surface area (Å²) in [6.07, 6.45) is 2.87. The molecule has 0 aromatic heterocycles. The van der Waals surface area contributed by atoms with Crippen LogP contribution in [0.15, 0.2) is 17.0 Å². The van der Waals surface area contributed by atoms with Crippen molar-refractivity contribution in [3.05, 3.63) is 29.3 Å². The summed E-state index contributed by atoms with van der Waals surface area (Å²) in [7, 11) is 0. The minimum absolute atomic E-state index is 0.131. The van der Waals surface area contributed by atoms with Crippen LogP contribution in [0, 0.1) is 11.6 Å². The summed E-state index contributed by atoms with van der Waals surface area (Å²) >= 11 is 1.22. The molecule has 0 spiro atoms. The quantitative estimate of drug-likeness (QED) is 0.722. The molecule has 2 rings (SSSR count). The Morgan fingerprint density at radius 3 is 2.39 bits per heavy atom. The van der Waals surface area contributed by atoms with Crippen LogP contribution < -0.4 is 0 Å². The third kappa shape index (κ3) is 4.37. The van der Waals surface area contributed by atoms with Crippen LogP contribution in [0.2, 0.25) is 0 Å². The first kappa shape index (κ1) is 18.0. The van der Waals surface area contributed by atoms with Crippen molar-refractivity contribution in [3.8, 4) is 0 Å². The maximum Gasteiger partial charge on any atom is 0.410 e. The number of nitrogens with zero attached hydrogens (tertiary/aromatic N) is 1. The summed E-state index contributed by atoms with van der Waals surface area (Å²) < 4.78 is 32.7. The van der Waals surface area contributed by atoms with Crippen molar-refractivity contribution in [3.63, 3.8) is 0 Å². The van der Waals surface area contributed by atoms with Gasteiger partial charge in [0.15, 0.2) is 11.6 Å². The highest BCUT2D eigenvalue weighted by Gasteiger charge is 2.29. The summed E-state index contributed by atoms with van der Waals surface area (Å²) in [6, 6.07) is 2.85. The van der Waals surface area contributed by atoms with E-state index < -0.39 is 17.2 Å². The van der Waals surface area contributed by atoms with E-state index in [0.29, 0.717) is 18.0 Å². The molecule has 1 aliphatic heterocycles. The number of benzene rings is 1. The van der Waals surface area contributed by atoms with Gasteiger partial charge in [0.2, 0.25) is 0 Å². The number of amides is 1. The highest BCUT2D eigenvalue weighted by Crippen LogP contribution is 2.36. The fourth-order valence-corrected chi connectivity index (χ4v) is 3.52. The van der Waals surface area contributed by atoms with Crippen LogP contribution >= 0.6 is 11.8 Å². The summed E-state index contributed by atoms with van der Waals surface area (Å²) in [5.41, 5.74) is 0.320. The monoisotopic (exact) mass is 343 g/mol. The van der Waals surface area contributed by atoms with Gasteiger partial charge in [-0.2, -0.15) is 0 Å². The van der Waals surface area contributed by atoms with Gasteiger partial charge in [-0.3, -0.25) is 0 Å². The van der Waals surface area contributed by atoms with Gasteiger partial charge in [-0.15, -0.1) is 11.8 Å². The maximum atomic E-state index is 13.9. The van der Waals surface area contributed by atoms with Gasteiger partial charge in [0.25, 0.3) is 0 Å². The van der Waals surface area contributed by atoms with Crippen molar-refractivity contribution in [2.24, 2.45) is 0 Å². The molecule has 1 aromatic carbocycles. The van der Waals surface area contributed by atoms with E-state index in [1.54, 1.807) is 17.2 Å². The summed E-state index contributed by atoms with van der Waals surface area (Å²) in [6.45, 7) is 6.63. The SMILES string of the molecule is CSc1c(C2CCN(C(=O)OC(C)(C)C)CC2)ccc(F)c1F. The largest absolute Gasteiger partial charge is 0.444 e. The van der Waals surface area contributed by atoms with Gasteiger partial charge in [-0.25, -0.2) is 13.6 Å². The van der Waals surface area contributed by atoms with Gasteiger partial charge < -0.3 is 9.64 Å². The van der Waals surface area contributed by atoms with Gasteiger partial charge in [-0.05, 0) is 57.4 Å². The zero-order valence-corrected chi connectivity index (χ0v) is 14.8. The molecule has 1 amide bonds. The second-order valence-electron chi connectivity index (χ2n) is 6.73. The second-order valence-corrected chi connectivity index (χ2v) is 7.54. The Morgan fingerprint density at radius 1 is 1.26 bits per heavy atom. The Bertz CT molecular complexity index is 579. The number of thioether (sulfide) groups is 1. The average molecular weight is 343 g/mol. The average Bonchev–Trinajstić information content (AvgIpc) is 2.48. The number of ether oxygens (including phenoxy) is 1. The molecular weight excluding hydrogens is 320 g/mol. The molecule has 128 valence electrons. The van der Waals surface area contributed by atoms with E-state index >= 15 is 0 Å². The third-order valence-electron chi connectivity index (χ3n) is 3.87. The molecule has 1 heterocycles. The van der Waals surface area contributed by atoms with E-state index in [-0.39, 0.29) is 12.0 Å². The number of halogens is 2. The van der Waals surface area contributed by atoms with Crippen LogP contribution in [0.3, 0.4) is 0 Å². The summed E-state index contributed by atoms with van der Waals surface area (Å²) in [5.74, 6) is -1.46. The lowest BCUT2D eigenvalue weighted by atomic mass is 9.89. The summed E-state index contributed by atoms with van der Waals surface area (Å²) in [5, 5.41) is 0. The first-order valence-electron chi connectivity index (χ1n) is 7.72. The number of hydrogen-bond donors (Lipinski definition) is 0. The van der Waals surface area contributed by atoms with Gasteiger partial charge >= 0.3 is 6.09 Å².